The van der Waals surface area contributed by atoms with Crippen LogP contribution in [0, 0.1) is 0 Å². The summed E-state index contributed by atoms with van der Waals surface area (Å²) in [6, 6.07) is 14.0. The van der Waals surface area contributed by atoms with E-state index in [4.69, 9.17) is 9.72 Å². The monoisotopic (exact) mass is 487 g/mol. The highest BCUT2D eigenvalue weighted by Gasteiger charge is 2.22. The summed E-state index contributed by atoms with van der Waals surface area (Å²) < 4.78 is 5.70. The molecule has 0 aliphatic carbocycles. The summed E-state index contributed by atoms with van der Waals surface area (Å²) in [6.07, 6.45) is 3.97. The van der Waals surface area contributed by atoms with Gasteiger partial charge in [-0.05, 0) is 50.4 Å². The van der Waals surface area contributed by atoms with Gasteiger partial charge in [-0.1, -0.05) is 24.8 Å². The first kappa shape index (κ1) is 25.0. The maximum Gasteiger partial charge on any atom is 0.247 e. The van der Waals surface area contributed by atoms with Crippen molar-refractivity contribution >= 4 is 40.4 Å². The molecule has 1 amide bonds. The van der Waals surface area contributed by atoms with Crippen LogP contribution < -0.4 is 25.2 Å². The van der Waals surface area contributed by atoms with Gasteiger partial charge in [-0.2, -0.15) is 4.98 Å². The number of para-hydroxylation sites is 1. The standard InChI is InChI=1S/C27H33N7O2/c1-6-26(35)29-20-17-21(24(36-5)18-23(20)33(4)16-15-32(2)3)30-27-28-13-11-25(31-27)34-14-12-19-9-7-8-10-22(19)34/h6-11,13,17-18H,1,12,14-16H2,2-5H3,(H,29,35)(H,28,30,31). The number of ether oxygens (including phenoxy) is 1. The first-order valence-electron chi connectivity index (χ1n) is 11.9. The number of hydrogen-bond acceptors (Lipinski definition) is 8. The van der Waals surface area contributed by atoms with Crippen molar-refractivity contribution in [3.8, 4) is 5.75 Å². The fraction of sp³-hybridized carbons (Fsp3) is 0.296. The molecule has 0 saturated carbocycles. The number of carbonyl (C=O) groups is 1. The summed E-state index contributed by atoms with van der Waals surface area (Å²) in [5.41, 5.74) is 4.58. The summed E-state index contributed by atoms with van der Waals surface area (Å²) in [5.74, 6) is 1.57. The number of amides is 1. The van der Waals surface area contributed by atoms with Gasteiger partial charge in [-0.25, -0.2) is 4.98 Å². The zero-order chi connectivity index (χ0) is 25.7. The predicted octanol–water partition coefficient (Wildman–Crippen LogP) is 4.05. The third kappa shape index (κ3) is 5.58. The highest BCUT2D eigenvalue weighted by molar-refractivity contribution is 6.02. The second-order valence-electron chi connectivity index (χ2n) is 8.88. The molecule has 0 saturated heterocycles. The van der Waals surface area contributed by atoms with Crippen LogP contribution in [0.5, 0.6) is 5.75 Å². The van der Waals surface area contributed by atoms with E-state index in [9.17, 15) is 4.79 Å². The molecule has 0 atom stereocenters. The maximum absolute atomic E-state index is 12.2. The van der Waals surface area contributed by atoms with Crippen LogP contribution in [-0.4, -0.2) is 68.7 Å². The number of methoxy groups -OCH3 is 1. The lowest BCUT2D eigenvalue weighted by Crippen LogP contribution is -2.29. The molecule has 0 bridgehead atoms. The third-order valence-corrected chi connectivity index (χ3v) is 6.11. The molecule has 1 aliphatic heterocycles. The largest absolute Gasteiger partial charge is 0.494 e. The van der Waals surface area contributed by atoms with E-state index in [1.807, 2.05) is 45.4 Å². The fourth-order valence-corrected chi connectivity index (χ4v) is 4.16. The number of aromatic nitrogens is 2. The SMILES string of the molecule is C=CC(=O)Nc1cc(Nc2nccc(N3CCc4ccccc43)n2)c(OC)cc1N(C)CCN(C)C. The Morgan fingerprint density at radius 3 is 2.72 bits per heavy atom. The predicted molar refractivity (Wildman–Crippen MR) is 146 cm³/mol. The number of carbonyl (C=O) groups excluding carboxylic acids is 1. The molecule has 4 rings (SSSR count). The minimum atomic E-state index is -0.292. The van der Waals surface area contributed by atoms with E-state index in [1.54, 1.807) is 13.3 Å². The molecule has 1 aliphatic rings. The van der Waals surface area contributed by atoms with Crippen molar-refractivity contribution in [2.45, 2.75) is 6.42 Å². The quantitative estimate of drug-likeness (QED) is 0.415. The van der Waals surface area contributed by atoms with Crippen LogP contribution >= 0.6 is 0 Å². The van der Waals surface area contributed by atoms with Crippen LogP contribution in [0.3, 0.4) is 0 Å². The van der Waals surface area contributed by atoms with E-state index < -0.39 is 0 Å². The molecule has 0 radical (unpaired) electrons. The van der Waals surface area contributed by atoms with Crippen molar-refractivity contribution in [3.63, 3.8) is 0 Å². The molecule has 2 N–H and O–H groups in total. The second kappa shape index (κ2) is 11.1. The Hall–Kier alpha value is -4.11. The molecule has 2 heterocycles. The fourth-order valence-electron chi connectivity index (χ4n) is 4.16. The van der Waals surface area contributed by atoms with Crippen LogP contribution in [0.4, 0.5) is 34.5 Å². The minimum absolute atomic E-state index is 0.292. The number of fused-ring (bicyclic) bond motifs is 1. The van der Waals surface area contributed by atoms with Crippen LogP contribution in [0.2, 0.25) is 0 Å². The number of nitrogens with zero attached hydrogens (tertiary/aromatic N) is 5. The Morgan fingerprint density at radius 2 is 1.97 bits per heavy atom. The topological polar surface area (TPSA) is 85.9 Å². The smallest absolute Gasteiger partial charge is 0.247 e. The van der Waals surface area contributed by atoms with Gasteiger partial charge in [0.15, 0.2) is 0 Å². The van der Waals surface area contributed by atoms with E-state index >= 15 is 0 Å². The second-order valence-corrected chi connectivity index (χ2v) is 8.88. The van der Waals surface area contributed by atoms with Crippen LogP contribution in [0.1, 0.15) is 5.56 Å². The molecular formula is C27H33N7O2. The molecule has 188 valence electrons. The summed E-state index contributed by atoms with van der Waals surface area (Å²) >= 11 is 0. The Morgan fingerprint density at radius 1 is 1.17 bits per heavy atom. The van der Waals surface area contributed by atoms with Crippen molar-refractivity contribution in [1.82, 2.24) is 14.9 Å². The average Bonchev–Trinajstić information content (AvgIpc) is 3.32. The first-order valence-corrected chi connectivity index (χ1v) is 11.9. The molecule has 0 spiro atoms. The van der Waals surface area contributed by atoms with Gasteiger partial charge in [0.2, 0.25) is 11.9 Å². The number of rotatable bonds is 10. The van der Waals surface area contributed by atoms with E-state index in [2.05, 4.69) is 55.1 Å². The average molecular weight is 488 g/mol. The van der Waals surface area contributed by atoms with Crippen LogP contribution in [-0.2, 0) is 11.2 Å². The Balaban J connectivity index is 1.65. The van der Waals surface area contributed by atoms with Crippen molar-refractivity contribution in [2.75, 3.05) is 68.3 Å². The van der Waals surface area contributed by atoms with Crippen molar-refractivity contribution in [2.24, 2.45) is 0 Å². The van der Waals surface area contributed by atoms with E-state index in [1.165, 1.54) is 17.3 Å². The first-order chi connectivity index (χ1) is 17.4. The third-order valence-electron chi connectivity index (χ3n) is 6.11. The summed E-state index contributed by atoms with van der Waals surface area (Å²) in [4.78, 5) is 27.8. The molecule has 0 fully saturated rings. The number of benzene rings is 2. The summed E-state index contributed by atoms with van der Waals surface area (Å²) in [5, 5.41) is 6.20. The van der Waals surface area contributed by atoms with Crippen molar-refractivity contribution < 1.29 is 9.53 Å². The summed E-state index contributed by atoms with van der Waals surface area (Å²) in [6.45, 7) is 6.07. The van der Waals surface area contributed by atoms with E-state index in [0.717, 1.165) is 37.6 Å². The van der Waals surface area contributed by atoms with Crippen molar-refractivity contribution in [1.29, 1.82) is 0 Å². The number of nitrogens with one attached hydrogen (secondary N) is 2. The van der Waals surface area contributed by atoms with Crippen LogP contribution in [0.25, 0.3) is 0 Å². The lowest BCUT2D eigenvalue weighted by Gasteiger charge is -2.26. The molecule has 1 aromatic heterocycles. The zero-order valence-electron chi connectivity index (χ0n) is 21.3. The Bertz CT molecular complexity index is 1240. The van der Waals surface area contributed by atoms with Gasteiger partial charge in [0.25, 0.3) is 0 Å². The van der Waals surface area contributed by atoms with Gasteiger partial charge < -0.3 is 30.1 Å². The van der Waals surface area contributed by atoms with E-state index in [-0.39, 0.29) is 5.91 Å². The molecule has 9 heteroatoms. The number of likely N-dealkylation sites (N-methyl/N-ethyl adjacent to an activating group) is 2. The van der Waals surface area contributed by atoms with Gasteiger partial charge in [0, 0.05) is 44.6 Å². The van der Waals surface area contributed by atoms with Crippen molar-refractivity contribution in [3.05, 3.63) is 66.9 Å². The number of hydrogen-bond donors (Lipinski definition) is 2. The molecular weight excluding hydrogens is 454 g/mol. The molecule has 36 heavy (non-hydrogen) atoms. The van der Waals surface area contributed by atoms with Gasteiger partial charge in [0.05, 0.1) is 24.2 Å². The molecule has 9 nitrogen and oxygen atoms in total. The Labute approximate surface area is 212 Å². The Kier molecular flexibility index (Phi) is 7.70. The van der Waals surface area contributed by atoms with Gasteiger partial charge in [0.1, 0.15) is 11.6 Å². The highest BCUT2D eigenvalue weighted by Crippen LogP contribution is 2.38. The van der Waals surface area contributed by atoms with Gasteiger partial charge >= 0.3 is 0 Å². The van der Waals surface area contributed by atoms with Crippen LogP contribution in [0.15, 0.2) is 61.3 Å². The van der Waals surface area contributed by atoms with Gasteiger partial charge in [-0.15, -0.1) is 0 Å². The maximum atomic E-state index is 12.2. The zero-order valence-corrected chi connectivity index (χ0v) is 21.3. The normalized spacial score (nSPS) is 12.3. The summed E-state index contributed by atoms with van der Waals surface area (Å²) in [7, 11) is 7.65. The highest BCUT2D eigenvalue weighted by atomic mass is 16.5. The molecule has 2 aromatic carbocycles. The molecule has 0 unspecified atom stereocenters. The number of anilines is 6. The van der Waals surface area contributed by atoms with Gasteiger partial charge in [-0.3, -0.25) is 4.79 Å². The lowest BCUT2D eigenvalue weighted by atomic mass is 10.2. The van der Waals surface area contributed by atoms with E-state index in [0.29, 0.717) is 23.1 Å². The minimum Gasteiger partial charge on any atom is -0.494 e. The lowest BCUT2D eigenvalue weighted by molar-refractivity contribution is -0.111. The molecule has 3 aromatic rings.